The highest BCUT2D eigenvalue weighted by Crippen LogP contribution is 2.24. The first-order chi connectivity index (χ1) is 16.7. The molecule has 0 atom stereocenters. The van der Waals surface area contributed by atoms with Crippen molar-refractivity contribution in [3.05, 3.63) is 119 Å². The topological polar surface area (TPSA) is 49.6 Å². The van der Waals surface area contributed by atoms with E-state index in [1.807, 2.05) is 55.7 Å². The number of nitrogens with zero attached hydrogens (tertiary/aromatic N) is 3. The smallest absolute Gasteiger partial charge is 0.134 e. The van der Waals surface area contributed by atoms with Crippen molar-refractivity contribution in [1.82, 2.24) is 9.97 Å². The SMILES string of the molecule is C/C=C/CCc1cnc(CCc2ccc3c(F)c(CCc4ccc(C#N)cc4)ccc3c2)nc1. The van der Waals surface area contributed by atoms with Crippen LogP contribution < -0.4 is 0 Å². The van der Waals surface area contributed by atoms with Gasteiger partial charge in [-0.3, -0.25) is 0 Å². The lowest BCUT2D eigenvalue weighted by Gasteiger charge is -2.09. The Morgan fingerprint density at radius 1 is 0.824 bits per heavy atom. The molecule has 170 valence electrons. The van der Waals surface area contributed by atoms with Gasteiger partial charge in [0.15, 0.2) is 0 Å². The molecular weight excluding hydrogens is 421 g/mol. The van der Waals surface area contributed by atoms with Crippen LogP contribution in [0.4, 0.5) is 4.39 Å². The van der Waals surface area contributed by atoms with Crippen molar-refractivity contribution < 1.29 is 4.39 Å². The molecule has 0 fully saturated rings. The van der Waals surface area contributed by atoms with Gasteiger partial charge in [0.2, 0.25) is 0 Å². The lowest BCUT2D eigenvalue weighted by atomic mass is 9.98. The summed E-state index contributed by atoms with van der Waals surface area (Å²) in [5.41, 5.74) is 4.76. The molecule has 34 heavy (non-hydrogen) atoms. The molecule has 0 saturated carbocycles. The molecule has 0 amide bonds. The van der Waals surface area contributed by atoms with Crippen LogP contribution in [0.1, 0.15) is 47.0 Å². The maximum atomic E-state index is 15.2. The van der Waals surface area contributed by atoms with Gasteiger partial charge in [0.25, 0.3) is 0 Å². The van der Waals surface area contributed by atoms with Gasteiger partial charge in [0, 0.05) is 24.2 Å². The van der Waals surface area contributed by atoms with E-state index in [4.69, 9.17) is 5.26 Å². The van der Waals surface area contributed by atoms with E-state index in [-0.39, 0.29) is 5.82 Å². The summed E-state index contributed by atoms with van der Waals surface area (Å²) < 4.78 is 15.2. The van der Waals surface area contributed by atoms with Gasteiger partial charge in [-0.25, -0.2) is 14.4 Å². The number of fused-ring (bicyclic) bond motifs is 1. The van der Waals surface area contributed by atoms with Crippen LogP contribution in [0.25, 0.3) is 10.8 Å². The molecule has 0 radical (unpaired) electrons. The lowest BCUT2D eigenvalue weighted by molar-refractivity contribution is 0.620. The van der Waals surface area contributed by atoms with Crippen LogP contribution in [0.2, 0.25) is 0 Å². The molecule has 0 aliphatic rings. The van der Waals surface area contributed by atoms with Gasteiger partial charge in [-0.15, -0.1) is 0 Å². The standard InChI is InChI=1S/C30H28FN3/c1-2-3-4-5-25-20-33-29(34-21-25)17-12-23-11-16-28-27(18-23)15-14-26(30(28)31)13-10-22-6-8-24(19-32)9-7-22/h2-3,6-9,11,14-16,18,20-21H,4-5,10,12-13,17H2,1H3/b3-2+. The number of hydrogen-bond donors (Lipinski definition) is 0. The average molecular weight is 450 g/mol. The van der Waals surface area contributed by atoms with Gasteiger partial charge in [0.1, 0.15) is 11.6 Å². The fourth-order valence-electron chi connectivity index (χ4n) is 4.07. The van der Waals surface area contributed by atoms with Crippen molar-refractivity contribution in [2.75, 3.05) is 0 Å². The summed E-state index contributed by atoms with van der Waals surface area (Å²) in [7, 11) is 0. The maximum absolute atomic E-state index is 15.2. The third-order valence-corrected chi connectivity index (χ3v) is 6.10. The zero-order valence-electron chi connectivity index (χ0n) is 19.5. The van der Waals surface area contributed by atoms with E-state index in [1.54, 1.807) is 12.1 Å². The number of benzene rings is 3. The highest BCUT2D eigenvalue weighted by Gasteiger charge is 2.09. The van der Waals surface area contributed by atoms with Crippen LogP contribution in [0.3, 0.4) is 0 Å². The second-order valence-electron chi connectivity index (χ2n) is 8.52. The van der Waals surface area contributed by atoms with E-state index in [1.165, 1.54) is 0 Å². The lowest BCUT2D eigenvalue weighted by Crippen LogP contribution is -2.00. The summed E-state index contributed by atoms with van der Waals surface area (Å²) >= 11 is 0. The van der Waals surface area contributed by atoms with Crippen molar-refractivity contribution in [3.8, 4) is 6.07 Å². The molecule has 1 heterocycles. The Balaban J connectivity index is 1.38. The average Bonchev–Trinajstić information content (AvgIpc) is 2.88. The Morgan fingerprint density at radius 2 is 1.56 bits per heavy atom. The monoisotopic (exact) mass is 449 g/mol. The highest BCUT2D eigenvalue weighted by atomic mass is 19.1. The molecule has 0 aliphatic heterocycles. The first-order valence-corrected chi connectivity index (χ1v) is 11.8. The third-order valence-electron chi connectivity index (χ3n) is 6.10. The van der Waals surface area contributed by atoms with E-state index >= 15 is 4.39 Å². The second-order valence-corrected chi connectivity index (χ2v) is 8.52. The molecule has 3 aromatic carbocycles. The molecule has 3 nitrogen and oxygen atoms in total. The fraction of sp³-hybridized carbons (Fsp3) is 0.233. The number of halogens is 1. The maximum Gasteiger partial charge on any atom is 0.134 e. The van der Waals surface area contributed by atoms with Crippen molar-refractivity contribution in [2.24, 2.45) is 0 Å². The number of allylic oxidation sites excluding steroid dienone is 2. The molecule has 0 N–H and O–H groups in total. The number of aryl methyl sites for hydroxylation is 5. The third kappa shape index (κ3) is 5.94. The van der Waals surface area contributed by atoms with Crippen molar-refractivity contribution in [1.29, 1.82) is 5.26 Å². The van der Waals surface area contributed by atoms with Crippen LogP contribution in [0.5, 0.6) is 0 Å². The number of nitriles is 1. The summed E-state index contributed by atoms with van der Waals surface area (Å²) in [6.07, 6.45) is 12.9. The molecule has 4 rings (SSSR count). The van der Waals surface area contributed by atoms with E-state index in [2.05, 4.69) is 34.3 Å². The van der Waals surface area contributed by atoms with E-state index < -0.39 is 0 Å². The number of aromatic nitrogens is 2. The summed E-state index contributed by atoms with van der Waals surface area (Å²) in [6.45, 7) is 2.03. The molecule has 4 aromatic rings. The van der Waals surface area contributed by atoms with Gasteiger partial charge in [-0.1, -0.05) is 54.6 Å². The zero-order valence-corrected chi connectivity index (χ0v) is 19.5. The van der Waals surface area contributed by atoms with Gasteiger partial charge >= 0.3 is 0 Å². The minimum Gasteiger partial charge on any atom is -0.241 e. The largest absolute Gasteiger partial charge is 0.241 e. The molecular formula is C30H28FN3. The molecule has 0 saturated heterocycles. The van der Waals surface area contributed by atoms with E-state index in [0.717, 1.165) is 60.0 Å². The van der Waals surface area contributed by atoms with Gasteiger partial charge in [-0.2, -0.15) is 5.26 Å². The molecule has 0 bridgehead atoms. The normalized spacial score (nSPS) is 11.2. The predicted molar refractivity (Wildman–Crippen MR) is 135 cm³/mol. The van der Waals surface area contributed by atoms with E-state index in [0.29, 0.717) is 22.9 Å². The molecule has 4 heteroatoms. The summed E-state index contributed by atoms with van der Waals surface area (Å²) in [6, 6.07) is 19.4. The first-order valence-electron chi connectivity index (χ1n) is 11.8. The number of hydrogen-bond acceptors (Lipinski definition) is 3. The van der Waals surface area contributed by atoms with Crippen molar-refractivity contribution >= 4 is 10.8 Å². The first kappa shape index (κ1) is 23.3. The molecule has 0 unspecified atom stereocenters. The minimum atomic E-state index is -0.144. The summed E-state index contributed by atoms with van der Waals surface area (Å²) in [4.78, 5) is 9.01. The van der Waals surface area contributed by atoms with Crippen molar-refractivity contribution in [2.45, 2.75) is 45.4 Å². The Labute approximate surface area is 200 Å². The minimum absolute atomic E-state index is 0.144. The van der Waals surface area contributed by atoms with Gasteiger partial charge in [0.05, 0.1) is 11.6 Å². The van der Waals surface area contributed by atoms with Gasteiger partial charge in [-0.05, 0) is 78.8 Å². The van der Waals surface area contributed by atoms with Crippen LogP contribution in [0.15, 0.2) is 79.1 Å². The summed E-state index contributed by atoms with van der Waals surface area (Å²) in [5, 5.41) is 10.5. The fourth-order valence-corrected chi connectivity index (χ4v) is 4.07. The van der Waals surface area contributed by atoms with Crippen LogP contribution in [-0.4, -0.2) is 9.97 Å². The van der Waals surface area contributed by atoms with Crippen LogP contribution in [-0.2, 0) is 32.1 Å². The predicted octanol–water partition coefficient (Wildman–Crippen LogP) is 6.72. The molecule has 0 aliphatic carbocycles. The Hall–Kier alpha value is -3.84. The molecule has 1 aromatic heterocycles. The van der Waals surface area contributed by atoms with E-state index in [9.17, 15) is 0 Å². The Morgan fingerprint density at radius 3 is 2.29 bits per heavy atom. The van der Waals surface area contributed by atoms with Crippen LogP contribution >= 0.6 is 0 Å². The van der Waals surface area contributed by atoms with Crippen LogP contribution in [0, 0.1) is 17.1 Å². The second kappa shape index (κ2) is 11.3. The molecule has 0 spiro atoms. The zero-order chi connectivity index (χ0) is 23.8. The Kier molecular flexibility index (Phi) is 7.78. The quantitative estimate of drug-likeness (QED) is 0.267. The highest BCUT2D eigenvalue weighted by molar-refractivity contribution is 5.84. The summed E-state index contributed by atoms with van der Waals surface area (Å²) in [5.74, 6) is 0.689. The number of rotatable bonds is 9. The van der Waals surface area contributed by atoms with Gasteiger partial charge < -0.3 is 0 Å². The van der Waals surface area contributed by atoms with Crippen molar-refractivity contribution in [3.63, 3.8) is 0 Å². The Bertz CT molecular complexity index is 1320.